The van der Waals surface area contributed by atoms with Gasteiger partial charge in [0.2, 0.25) is 0 Å². The van der Waals surface area contributed by atoms with Gasteiger partial charge >= 0.3 is 5.97 Å². The summed E-state index contributed by atoms with van der Waals surface area (Å²) in [6.07, 6.45) is 0.736. The number of aryl methyl sites for hydroxylation is 2. The van der Waals surface area contributed by atoms with Crippen LogP contribution in [0.3, 0.4) is 0 Å². The topological polar surface area (TPSA) is 98.5 Å². The average molecular weight is 348 g/mol. The molecule has 126 valence electrons. The third-order valence-corrected chi connectivity index (χ3v) is 4.17. The molecular weight excluding hydrogens is 332 g/mol. The summed E-state index contributed by atoms with van der Waals surface area (Å²) >= 11 is 1.55. The van der Waals surface area contributed by atoms with E-state index in [1.165, 1.54) is 12.1 Å². The predicted octanol–water partition coefficient (Wildman–Crippen LogP) is 3.08. The Hall–Kier alpha value is -2.74. The molecule has 7 nitrogen and oxygen atoms in total. The fraction of sp³-hybridized carbons (Fsp3) is 0.250. The Kier molecular flexibility index (Phi) is 6.02. The van der Waals surface area contributed by atoms with Gasteiger partial charge in [-0.1, -0.05) is 18.2 Å². The van der Waals surface area contributed by atoms with Gasteiger partial charge in [-0.15, -0.1) is 11.3 Å². The number of rotatable bonds is 7. The first-order valence-corrected chi connectivity index (χ1v) is 8.07. The minimum absolute atomic E-state index is 0.113. The molecule has 0 aliphatic heterocycles. The minimum Gasteiger partial charge on any atom is -0.456 e. The quantitative estimate of drug-likeness (QED) is 0.471. The van der Waals surface area contributed by atoms with Crippen molar-refractivity contribution in [1.29, 1.82) is 0 Å². The van der Waals surface area contributed by atoms with E-state index in [9.17, 15) is 19.7 Å². The van der Waals surface area contributed by atoms with Crippen molar-refractivity contribution in [2.24, 2.45) is 0 Å². The van der Waals surface area contributed by atoms with E-state index in [0.29, 0.717) is 12.0 Å². The SMILES string of the molecule is Cc1cccc([N+](=O)[O-])c1NC(=O)COC(=O)CCc1cccs1. The maximum atomic E-state index is 11.9. The maximum absolute atomic E-state index is 11.9. The van der Waals surface area contributed by atoms with Crippen LogP contribution in [-0.2, 0) is 20.7 Å². The molecule has 0 aliphatic carbocycles. The number of carbonyl (C=O) groups is 2. The van der Waals surface area contributed by atoms with Crippen molar-refractivity contribution < 1.29 is 19.2 Å². The predicted molar refractivity (Wildman–Crippen MR) is 90.1 cm³/mol. The van der Waals surface area contributed by atoms with Gasteiger partial charge in [-0.3, -0.25) is 19.7 Å². The third-order valence-electron chi connectivity index (χ3n) is 3.23. The van der Waals surface area contributed by atoms with Gasteiger partial charge in [0.15, 0.2) is 6.61 Å². The number of hydrogen-bond acceptors (Lipinski definition) is 6. The first kappa shape index (κ1) is 17.6. The van der Waals surface area contributed by atoms with Crippen LogP contribution in [0.2, 0.25) is 0 Å². The summed E-state index contributed by atoms with van der Waals surface area (Å²) in [6.45, 7) is 1.17. The van der Waals surface area contributed by atoms with Crippen molar-refractivity contribution in [3.63, 3.8) is 0 Å². The zero-order valence-electron chi connectivity index (χ0n) is 13.0. The highest BCUT2D eigenvalue weighted by atomic mass is 32.1. The monoisotopic (exact) mass is 348 g/mol. The molecule has 1 aromatic heterocycles. The molecule has 8 heteroatoms. The van der Waals surface area contributed by atoms with Gasteiger partial charge < -0.3 is 10.1 Å². The second-order valence-corrected chi connectivity index (χ2v) is 6.05. The summed E-state index contributed by atoms with van der Waals surface area (Å²) in [7, 11) is 0. The van der Waals surface area contributed by atoms with Gasteiger partial charge in [0.25, 0.3) is 11.6 Å². The van der Waals surface area contributed by atoms with Crippen molar-refractivity contribution in [1.82, 2.24) is 0 Å². The van der Waals surface area contributed by atoms with Crippen LogP contribution in [0.25, 0.3) is 0 Å². The molecule has 0 aliphatic rings. The summed E-state index contributed by atoms with van der Waals surface area (Å²) in [5.74, 6) is -1.10. The van der Waals surface area contributed by atoms with Gasteiger partial charge in [-0.2, -0.15) is 0 Å². The van der Waals surface area contributed by atoms with Gasteiger partial charge in [-0.25, -0.2) is 0 Å². The number of ether oxygens (including phenoxy) is 1. The van der Waals surface area contributed by atoms with E-state index in [4.69, 9.17) is 4.74 Å². The molecule has 2 rings (SSSR count). The molecule has 0 bridgehead atoms. The second kappa shape index (κ2) is 8.21. The van der Waals surface area contributed by atoms with Crippen LogP contribution in [0.4, 0.5) is 11.4 Å². The van der Waals surface area contributed by atoms with Gasteiger partial charge in [0, 0.05) is 10.9 Å². The summed E-state index contributed by atoms with van der Waals surface area (Å²) in [5, 5.41) is 15.3. The molecule has 0 atom stereocenters. The molecule has 0 saturated carbocycles. The van der Waals surface area contributed by atoms with E-state index in [-0.39, 0.29) is 17.8 Å². The molecule has 2 aromatic rings. The highest BCUT2D eigenvalue weighted by Gasteiger charge is 2.18. The lowest BCUT2D eigenvalue weighted by Gasteiger charge is -2.09. The highest BCUT2D eigenvalue weighted by Crippen LogP contribution is 2.27. The molecule has 1 aromatic carbocycles. The van der Waals surface area contributed by atoms with E-state index in [1.807, 2.05) is 17.5 Å². The molecule has 0 radical (unpaired) electrons. The molecule has 0 spiro atoms. The Morgan fingerprint density at radius 2 is 2.08 bits per heavy atom. The van der Waals surface area contributed by atoms with E-state index < -0.39 is 23.4 Å². The third kappa shape index (κ3) is 4.88. The van der Waals surface area contributed by atoms with Crippen LogP contribution in [0.5, 0.6) is 0 Å². The summed E-state index contributed by atoms with van der Waals surface area (Å²) < 4.78 is 4.90. The number of hydrogen-bond donors (Lipinski definition) is 1. The Labute approximate surface area is 142 Å². The Balaban J connectivity index is 1.85. The minimum atomic E-state index is -0.614. The summed E-state index contributed by atoms with van der Waals surface area (Å²) in [5.41, 5.74) is 0.469. The number of nitro benzene ring substituents is 1. The Morgan fingerprint density at radius 1 is 1.29 bits per heavy atom. The zero-order valence-corrected chi connectivity index (χ0v) is 13.8. The number of amides is 1. The number of para-hydroxylation sites is 1. The van der Waals surface area contributed by atoms with Gasteiger partial charge in [0.05, 0.1) is 11.3 Å². The fourth-order valence-electron chi connectivity index (χ4n) is 2.04. The normalized spacial score (nSPS) is 10.2. The van der Waals surface area contributed by atoms with Crippen molar-refractivity contribution in [3.8, 4) is 0 Å². The lowest BCUT2D eigenvalue weighted by molar-refractivity contribution is -0.384. The van der Waals surface area contributed by atoms with E-state index in [2.05, 4.69) is 5.32 Å². The molecule has 24 heavy (non-hydrogen) atoms. The summed E-state index contributed by atoms with van der Waals surface area (Å²) in [4.78, 5) is 35.0. The standard InChI is InChI=1S/C16H16N2O5S/c1-11-4-2-6-13(18(21)22)16(11)17-14(19)10-23-15(20)8-7-12-5-3-9-24-12/h2-6,9H,7-8,10H2,1H3,(H,17,19). The molecule has 1 N–H and O–H groups in total. The smallest absolute Gasteiger partial charge is 0.306 e. The molecule has 0 fully saturated rings. The number of anilines is 1. The maximum Gasteiger partial charge on any atom is 0.306 e. The van der Waals surface area contributed by atoms with E-state index in [0.717, 1.165) is 4.88 Å². The number of thiophene rings is 1. The molecule has 1 heterocycles. The van der Waals surface area contributed by atoms with Gasteiger partial charge in [-0.05, 0) is 30.4 Å². The molecule has 0 saturated heterocycles. The second-order valence-electron chi connectivity index (χ2n) is 5.01. The summed E-state index contributed by atoms with van der Waals surface area (Å²) in [6, 6.07) is 8.30. The van der Waals surface area contributed by atoms with Crippen LogP contribution >= 0.6 is 11.3 Å². The first-order chi connectivity index (χ1) is 11.5. The largest absolute Gasteiger partial charge is 0.456 e. The van der Waals surface area contributed by atoms with Gasteiger partial charge in [0.1, 0.15) is 5.69 Å². The molecule has 0 unspecified atom stereocenters. The number of esters is 1. The zero-order chi connectivity index (χ0) is 17.5. The van der Waals surface area contributed by atoms with E-state index in [1.54, 1.807) is 24.3 Å². The van der Waals surface area contributed by atoms with Crippen molar-refractivity contribution in [2.45, 2.75) is 19.8 Å². The lowest BCUT2D eigenvalue weighted by Crippen LogP contribution is -2.22. The Bertz CT molecular complexity index is 743. The van der Waals surface area contributed by atoms with Crippen LogP contribution < -0.4 is 5.32 Å². The average Bonchev–Trinajstić information content (AvgIpc) is 3.06. The van der Waals surface area contributed by atoms with Crippen molar-refractivity contribution in [3.05, 3.63) is 56.3 Å². The molecular formula is C16H16N2O5S. The van der Waals surface area contributed by atoms with Crippen molar-refractivity contribution in [2.75, 3.05) is 11.9 Å². The number of benzene rings is 1. The van der Waals surface area contributed by atoms with Crippen LogP contribution in [0.1, 0.15) is 16.9 Å². The lowest BCUT2D eigenvalue weighted by atomic mass is 10.1. The fourth-order valence-corrected chi connectivity index (χ4v) is 2.75. The van der Waals surface area contributed by atoms with E-state index >= 15 is 0 Å². The van der Waals surface area contributed by atoms with Crippen LogP contribution in [-0.4, -0.2) is 23.4 Å². The number of nitrogens with zero attached hydrogens (tertiary/aromatic N) is 1. The van der Waals surface area contributed by atoms with Crippen molar-refractivity contribution >= 4 is 34.6 Å². The molecule has 1 amide bonds. The number of nitro groups is 1. The van der Waals surface area contributed by atoms with Crippen LogP contribution in [0, 0.1) is 17.0 Å². The Morgan fingerprint density at radius 3 is 2.75 bits per heavy atom. The highest BCUT2D eigenvalue weighted by molar-refractivity contribution is 7.09. The van der Waals surface area contributed by atoms with Crippen LogP contribution in [0.15, 0.2) is 35.7 Å². The number of nitrogens with one attached hydrogen (secondary N) is 1. The number of carbonyl (C=O) groups excluding carboxylic acids is 2. The first-order valence-electron chi connectivity index (χ1n) is 7.19.